The average molecular weight is 879 g/mol. The lowest BCUT2D eigenvalue weighted by atomic mass is 9.84. The van der Waals surface area contributed by atoms with E-state index in [9.17, 15) is 19.2 Å². The highest BCUT2D eigenvalue weighted by Crippen LogP contribution is 2.41. The second kappa shape index (κ2) is 19.8. The van der Waals surface area contributed by atoms with Crippen LogP contribution in [0, 0.1) is 0 Å². The van der Waals surface area contributed by atoms with Gasteiger partial charge in [-0.1, -0.05) is 87.0 Å². The van der Waals surface area contributed by atoms with Gasteiger partial charge in [-0.2, -0.15) is 0 Å². The van der Waals surface area contributed by atoms with Gasteiger partial charge in [-0.15, -0.1) is 0 Å². The van der Waals surface area contributed by atoms with Crippen LogP contribution in [0.3, 0.4) is 0 Å². The van der Waals surface area contributed by atoms with E-state index in [0.717, 1.165) is 70.2 Å². The van der Waals surface area contributed by atoms with E-state index < -0.39 is 23.9 Å². The number of fused-ring (bicyclic) bond motifs is 6. The molecule has 0 atom stereocenters. The van der Waals surface area contributed by atoms with Gasteiger partial charge in [0.25, 0.3) is 0 Å². The van der Waals surface area contributed by atoms with Crippen molar-refractivity contribution in [1.29, 1.82) is 0 Å². The number of ether oxygens (including phenoxy) is 5. The van der Waals surface area contributed by atoms with Gasteiger partial charge >= 0.3 is 23.9 Å². The summed E-state index contributed by atoms with van der Waals surface area (Å²) in [4.78, 5) is 47.2. The average Bonchev–Trinajstić information content (AvgIpc) is 3.31. The van der Waals surface area contributed by atoms with Crippen molar-refractivity contribution in [2.75, 3.05) is 7.11 Å². The highest BCUT2D eigenvalue weighted by molar-refractivity contribution is 5.91. The summed E-state index contributed by atoms with van der Waals surface area (Å²) in [7, 11) is 1.59. The zero-order chi connectivity index (χ0) is 47.2. The number of aryl methyl sites for hydroxylation is 4. The Labute approximate surface area is 385 Å². The minimum Gasteiger partial charge on any atom is -0.496 e. The van der Waals surface area contributed by atoms with Gasteiger partial charge < -0.3 is 23.7 Å². The summed E-state index contributed by atoms with van der Waals surface area (Å²) < 4.78 is 27.0. The lowest BCUT2D eigenvalue weighted by Gasteiger charge is -2.22. The fourth-order valence-electron chi connectivity index (χ4n) is 7.68. The molecule has 6 aromatic rings. The molecule has 8 rings (SSSR count). The van der Waals surface area contributed by atoms with Crippen molar-refractivity contribution in [1.82, 2.24) is 0 Å². The van der Waals surface area contributed by atoms with Crippen LogP contribution in [0.1, 0.15) is 49.9 Å². The molecule has 0 aromatic heterocycles. The van der Waals surface area contributed by atoms with Crippen molar-refractivity contribution in [3.05, 3.63) is 186 Å². The van der Waals surface area contributed by atoms with Crippen LogP contribution in [0.15, 0.2) is 164 Å². The Hall–Kier alpha value is -8.04. The molecule has 0 saturated carbocycles. The van der Waals surface area contributed by atoms with E-state index in [4.69, 9.17) is 23.7 Å². The quantitative estimate of drug-likeness (QED) is 0.0713. The molecule has 0 aliphatic heterocycles. The maximum absolute atomic E-state index is 11.8. The molecule has 0 N–H and O–H groups in total. The zero-order valence-electron chi connectivity index (χ0n) is 37.8. The molecule has 66 heavy (non-hydrogen) atoms. The molecule has 0 saturated heterocycles. The molecular weight excluding hydrogens is 829 g/mol. The molecule has 9 nitrogen and oxygen atoms in total. The van der Waals surface area contributed by atoms with E-state index in [1.54, 1.807) is 59.1 Å². The van der Waals surface area contributed by atoms with Crippen LogP contribution >= 0.6 is 0 Å². The first kappa shape index (κ1) is 46.0. The third-order valence-corrected chi connectivity index (χ3v) is 11.2. The molecule has 6 aromatic carbocycles. The molecule has 2 aliphatic carbocycles. The summed E-state index contributed by atoms with van der Waals surface area (Å²) in [6.45, 7) is 21.0. The van der Waals surface area contributed by atoms with Gasteiger partial charge in [0, 0.05) is 33.9 Å². The third kappa shape index (κ3) is 10.5. The Morgan fingerprint density at radius 1 is 0.364 bits per heavy atom. The molecular formula is C57H50O9. The first-order chi connectivity index (χ1) is 31.6. The van der Waals surface area contributed by atoms with Crippen LogP contribution in [0.4, 0.5) is 0 Å². The molecule has 2 aliphatic rings. The number of esters is 4. The maximum Gasteiger partial charge on any atom is 0.338 e. The third-order valence-electron chi connectivity index (χ3n) is 11.2. The van der Waals surface area contributed by atoms with Gasteiger partial charge in [-0.3, -0.25) is 0 Å². The Bertz CT molecular complexity index is 2990. The zero-order valence-corrected chi connectivity index (χ0v) is 37.8. The fraction of sp³-hybridized carbons (Fsp3) is 0.158. The first-order valence-electron chi connectivity index (χ1n) is 21.4. The fourth-order valence-corrected chi connectivity index (χ4v) is 7.68. The minimum atomic E-state index is -0.472. The molecule has 0 spiro atoms. The van der Waals surface area contributed by atoms with E-state index in [0.29, 0.717) is 51.0 Å². The van der Waals surface area contributed by atoms with Gasteiger partial charge in [0.15, 0.2) is 0 Å². The number of benzene rings is 6. The Morgan fingerprint density at radius 2 is 0.667 bits per heavy atom. The number of methoxy groups -OCH3 is 1. The van der Waals surface area contributed by atoms with Crippen LogP contribution in [0.5, 0.6) is 28.7 Å². The van der Waals surface area contributed by atoms with Gasteiger partial charge in [-0.05, 0) is 163 Å². The number of hydrogen-bond acceptors (Lipinski definition) is 9. The Morgan fingerprint density at radius 3 is 1.08 bits per heavy atom. The van der Waals surface area contributed by atoms with Crippen LogP contribution < -0.4 is 23.7 Å². The summed E-state index contributed by atoms with van der Waals surface area (Å²) >= 11 is 0. The van der Waals surface area contributed by atoms with Crippen LogP contribution in [-0.2, 0) is 44.9 Å². The van der Waals surface area contributed by atoms with Crippen LogP contribution in [0.25, 0.3) is 44.5 Å². The number of rotatable bonds is 11. The lowest BCUT2D eigenvalue weighted by molar-refractivity contribution is -0.130. The monoisotopic (exact) mass is 878 g/mol. The van der Waals surface area contributed by atoms with Crippen molar-refractivity contribution in [3.63, 3.8) is 0 Å². The molecule has 0 unspecified atom stereocenters. The van der Waals surface area contributed by atoms with Gasteiger partial charge in [0.2, 0.25) is 0 Å². The lowest BCUT2D eigenvalue weighted by Crippen LogP contribution is -2.10. The molecule has 9 heteroatoms. The van der Waals surface area contributed by atoms with Crippen molar-refractivity contribution < 1.29 is 42.9 Å². The smallest absolute Gasteiger partial charge is 0.338 e. The molecule has 332 valence electrons. The molecule has 0 bridgehead atoms. The van der Waals surface area contributed by atoms with E-state index in [1.165, 1.54) is 22.3 Å². The van der Waals surface area contributed by atoms with Gasteiger partial charge in [0.1, 0.15) is 28.7 Å². The normalized spacial score (nSPS) is 11.7. The summed E-state index contributed by atoms with van der Waals surface area (Å²) in [6, 6.07) is 37.1. The first-order valence-corrected chi connectivity index (χ1v) is 21.4. The van der Waals surface area contributed by atoms with Crippen molar-refractivity contribution in [2.45, 2.75) is 53.4 Å². The summed E-state index contributed by atoms with van der Waals surface area (Å²) in [5, 5.41) is 0. The van der Waals surface area contributed by atoms with Gasteiger partial charge in [0.05, 0.1) is 7.11 Å². The number of carbonyl (C=O) groups is 4. The topological polar surface area (TPSA) is 114 Å². The molecule has 0 heterocycles. The highest BCUT2D eigenvalue weighted by Gasteiger charge is 2.21. The molecule has 0 fully saturated rings. The highest BCUT2D eigenvalue weighted by atomic mass is 16.5. The van der Waals surface area contributed by atoms with E-state index in [-0.39, 0.29) is 0 Å². The van der Waals surface area contributed by atoms with Crippen molar-refractivity contribution in [2.24, 2.45) is 0 Å². The number of carbonyl (C=O) groups excluding carboxylic acids is 4. The van der Waals surface area contributed by atoms with Crippen molar-refractivity contribution >= 4 is 23.9 Å². The van der Waals surface area contributed by atoms with Crippen molar-refractivity contribution in [3.8, 4) is 73.3 Å². The standard InChI is InChI=1S/C29H26O5.C28H24O4/c1-17(2)28(30)33-22-9-12-25-21(15-22)7-6-19-14-20(8-11-24(19)25)26-13-10-23(16-27(26)32-5)34-29(31)18(3)4;1-17(2)27(29)31-23-10-7-19(8-11-23)20-9-13-25-21(15-20)5-6-22-16-24(12-14-26(22)25)32-28(30)18(3)4/h8-16H,1,3,6-7H2,2,4-5H3;7-16H,1,3,5-6H2,2,4H3. The van der Waals surface area contributed by atoms with Crippen LogP contribution in [-0.4, -0.2) is 31.0 Å². The summed E-state index contributed by atoms with van der Waals surface area (Å²) in [5.41, 5.74) is 15.0. The largest absolute Gasteiger partial charge is 0.496 e. The van der Waals surface area contributed by atoms with Crippen LogP contribution in [0.2, 0.25) is 0 Å². The Kier molecular flexibility index (Phi) is 13.8. The SMILES string of the molecule is C=C(C)C(=O)Oc1ccc(-c2ccc3c(c2)CCc2cc(OC(=O)C(=C)C)ccc2-3)cc1.C=C(C)C(=O)Oc1ccc2c(c1)CCc1cc(-c3ccc(OC(=O)C(=C)C)cc3OC)ccc1-2. The second-order valence-corrected chi connectivity index (χ2v) is 16.4. The predicted octanol–water partition coefficient (Wildman–Crippen LogP) is 12.2. The van der Waals surface area contributed by atoms with Gasteiger partial charge in [-0.25, -0.2) is 19.2 Å². The van der Waals surface area contributed by atoms with E-state index in [1.807, 2.05) is 54.6 Å². The molecule has 0 radical (unpaired) electrons. The summed E-state index contributed by atoms with van der Waals surface area (Å²) in [6.07, 6.45) is 3.49. The maximum atomic E-state index is 11.8. The second-order valence-electron chi connectivity index (χ2n) is 16.4. The minimum absolute atomic E-state index is 0.333. The Balaban J connectivity index is 0.000000197. The molecule has 0 amide bonds. The van der Waals surface area contributed by atoms with E-state index in [2.05, 4.69) is 62.7 Å². The van der Waals surface area contributed by atoms with E-state index >= 15 is 0 Å². The predicted molar refractivity (Wildman–Crippen MR) is 258 cm³/mol. The summed E-state index contributed by atoms with van der Waals surface area (Å²) in [5.74, 6) is 0.866. The number of hydrogen-bond donors (Lipinski definition) is 0.